The van der Waals surface area contributed by atoms with Crippen molar-refractivity contribution in [3.8, 4) is 0 Å². The highest BCUT2D eigenvalue weighted by Gasteiger charge is 2.39. The smallest absolute Gasteiger partial charge is 0.274 e. The van der Waals surface area contributed by atoms with Gasteiger partial charge in [-0.25, -0.2) is 4.98 Å². The van der Waals surface area contributed by atoms with Crippen LogP contribution in [0.5, 0.6) is 0 Å². The lowest BCUT2D eigenvalue weighted by Crippen LogP contribution is -2.47. The molecule has 3 saturated heterocycles. The van der Waals surface area contributed by atoms with Crippen LogP contribution >= 0.6 is 11.3 Å². The Hall–Kier alpha value is -2.28. The summed E-state index contributed by atoms with van der Waals surface area (Å²) in [5, 5.41) is 0. The van der Waals surface area contributed by atoms with E-state index in [2.05, 4.69) is 9.97 Å². The molecule has 0 saturated carbocycles. The Balaban J connectivity index is 1.54. The van der Waals surface area contributed by atoms with Crippen molar-refractivity contribution >= 4 is 23.2 Å². The largest absolute Gasteiger partial charge is 0.335 e. The Morgan fingerprint density at radius 2 is 2.00 bits per heavy atom. The average molecular weight is 356 g/mol. The zero-order valence-electron chi connectivity index (χ0n) is 14.1. The minimum absolute atomic E-state index is 0.0780. The molecule has 3 aliphatic rings. The lowest BCUT2D eigenvalue weighted by molar-refractivity contribution is 0.0578. The zero-order chi connectivity index (χ0) is 17.4. The summed E-state index contributed by atoms with van der Waals surface area (Å²) >= 11 is 1.54. The van der Waals surface area contributed by atoms with Crippen molar-refractivity contribution in [1.82, 2.24) is 19.8 Å². The highest BCUT2D eigenvalue weighted by Crippen LogP contribution is 2.31. The number of rotatable bonds is 2. The highest BCUT2D eigenvalue weighted by molar-refractivity contribution is 7.13. The molecule has 0 aliphatic carbocycles. The summed E-state index contributed by atoms with van der Waals surface area (Å²) in [5.41, 5.74) is 0.371. The SMILES string of the molecule is Cc1ccc(C(=O)N2C[C@H]3CC[C@@H]2CN(C(=O)c2cnccn2)C3)s1. The Labute approximate surface area is 150 Å². The van der Waals surface area contributed by atoms with E-state index >= 15 is 0 Å². The number of aryl methyl sites for hydroxylation is 1. The average Bonchev–Trinajstić information content (AvgIpc) is 2.88. The fourth-order valence-corrected chi connectivity index (χ4v) is 4.58. The first-order valence-electron chi connectivity index (χ1n) is 8.54. The molecule has 0 radical (unpaired) electrons. The lowest BCUT2D eigenvalue weighted by atomic mass is 9.95. The quantitative estimate of drug-likeness (QED) is 0.828. The number of amides is 2. The number of hydrogen-bond acceptors (Lipinski definition) is 5. The summed E-state index contributed by atoms with van der Waals surface area (Å²) in [6.07, 6.45) is 6.61. The highest BCUT2D eigenvalue weighted by atomic mass is 32.1. The molecule has 5 heterocycles. The summed E-state index contributed by atoms with van der Waals surface area (Å²) in [6, 6.07) is 3.97. The van der Waals surface area contributed by atoms with Crippen LogP contribution in [-0.2, 0) is 0 Å². The van der Waals surface area contributed by atoms with Gasteiger partial charge in [0.15, 0.2) is 0 Å². The summed E-state index contributed by atoms with van der Waals surface area (Å²) in [5.74, 6) is 0.331. The van der Waals surface area contributed by atoms with E-state index in [1.54, 1.807) is 6.20 Å². The third kappa shape index (κ3) is 3.16. The van der Waals surface area contributed by atoms with Crippen molar-refractivity contribution in [3.05, 3.63) is 46.2 Å². The van der Waals surface area contributed by atoms with E-state index in [0.717, 1.165) is 29.1 Å². The number of carbonyl (C=O) groups is 2. The first kappa shape index (κ1) is 16.2. The lowest BCUT2D eigenvalue weighted by Gasteiger charge is -2.35. The van der Waals surface area contributed by atoms with Crippen LogP contribution in [0, 0.1) is 12.8 Å². The first-order chi connectivity index (χ1) is 12.1. The maximum atomic E-state index is 12.9. The first-order valence-corrected chi connectivity index (χ1v) is 9.36. The number of aromatic nitrogens is 2. The van der Waals surface area contributed by atoms with Gasteiger partial charge in [-0.05, 0) is 37.8 Å². The molecule has 7 heteroatoms. The molecule has 130 valence electrons. The molecule has 2 aromatic heterocycles. The van der Waals surface area contributed by atoms with E-state index < -0.39 is 0 Å². The van der Waals surface area contributed by atoms with Crippen molar-refractivity contribution < 1.29 is 9.59 Å². The van der Waals surface area contributed by atoms with E-state index in [1.165, 1.54) is 23.7 Å². The van der Waals surface area contributed by atoms with Gasteiger partial charge in [0, 0.05) is 42.9 Å². The topological polar surface area (TPSA) is 66.4 Å². The number of fused-ring (bicyclic) bond motifs is 4. The molecule has 25 heavy (non-hydrogen) atoms. The number of piperidine rings is 1. The van der Waals surface area contributed by atoms with Gasteiger partial charge in [-0.15, -0.1) is 11.3 Å². The third-order valence-corrected chi connectivity index (χ3v) is 5.98. The molecule has 0 spiro atoms. The van der Waals surface area contributed by atoms with Crippen molar-refractivity contribution in [2.45, 2.75) is 25.8 Å². The van der Waals surface area contributed by atoms with E-state index in [0.29, 0.717) is 24.7 Å². The van der Waals surface area contributed by atoms with Gasteiger partial charge in [0.05, 0.1) is 11.1 Å². The summed E-state index contributed by atoms with van der Waals surface area (Å²) in [6.45, 7) is 3.99. The fraction of sp³-hybridized carbons (Fsp3) is 0.444. The molecule has 6 nitrogen and oxygen atoms in total. The predicted octanol–water partition coefficient (Wildman–Crippen LogP) is 2.22. The van der Waals surface area contributed by atoms with Crippen LogP contribution in [0.25, 0.3) is 0 Å². The molecule has 5 rings (SSSR count). The van der Waals surface area contributed by atoms with Crippen LogP contribution in [0.3, 0.4) is 0 Å². The van der Waals surface area contributed by atoms with Crippen LogP contribution in [0.1, 0.15) is 37.9 Å². The summed E-state index contributed by atoms with van der Waals surface area (Å²) < 4.78 is 0. The van der Waals surface area contributed by atoms with Crippen LogP contribution in [0.15, 0.2) is 30.7 Å². The molecule has 0 unspecified atom stereocenters. The maximum absolute atomic E-state index is 12.9. The second-order valence-corrected chi connectivity index (χ2v) is 8.05. The number of thiophene rings is 1. The molecule has 3 fully saturated rings. The molecule has 0 N–H and O–H groups in total. The maximum Gasteiger partial charge on any atom is 0.274 e. The van der Waals surface area contributed by atoms with Gasteiger partial charge >= 0.3 is 0 Å². The van der Waals surface area contributed by atoms with Crippen LogP contribution in [0.2, 0.25) is 0 Å². The van der Waals surface area contributed by atoms with Crippen molar-refractivity contribution in [1.29, 1.82) is 0 Å². The van der Waals surface area contributed by atoms with Crippen LogP contribution in [0.4, 0.5) is 0 Å². The van der Waals surface area contributed by atoms with Crippen molar-refractivity contribution in [2.75, 3.05) is 19.6 Å². The Morgan fingerprint density at radius 1 is 1.12 bits per heavy atom. The molecule has 0 aromatic carbocycles. The summed E-state index contributed by atoms with van der Waals surface area (Å²) in [4.78, 5) is 39.5. The number of carbonyl (C=O) groups excluding carboxylic acids is 2. The Kier molecular flexibility index (Phi) is 4.25. The number of hydrogen-bond donors (Lipinski definition) is 0. The van der Waals surface area contributed by atoms with Gasteiger partial charge in [-0.1, -0.05) is 0 Å². The normalized spacial score (nSPS) is 22.8. The van der Waals surface area contributed by atoms with Crippen LogP contribution in [-0.4, -0.2) is 57.3 Å². The predicted molar refractivity (Wildman–Crippen MR) is 94.5 cm³/mol. The van der Waals surface area contributed by atoms with Gasteiger partial charge in [0.2, 0.25) is 0 Å². The molecule has 2 atom stereocenters. The zero-order valence-corrected chi connectivity index (χ0v) is 14.9. The molecule has 2 aromatic rings. The van der Waals surface area contributed by atoms with E-state index in [4.69, 9.17) is 0 Å². The summed E-state index contributed by atoms with van der Waals surface area (Å²) in [7, 11) is 0. The molecule has 2 bridgehead atoms. The monoisotopic (exact) mass is 356 g/mol. The second kappa shape index (κ2) is 6.55. The Bertz CT molecular complexity index is 791. The van der Waals surface area contributed by atoms with E-state index in [-0.39, 0.29) is 17.9 Å². The molecular weight excluding hydrogens is 336 g/mol. The minimum Gasteiger partial charge on any atom is -0.335 e. The van der Waals surface area contributed by atoms with Gasteiger partial charge in [0.25, 0.3) is 11.8 Å². The van der Waals surface area contributed by atoms with Gasteiger partial charge in [0.1, 0.15) is 5.69 Å². The van der Waals surface area contributed by atoms with E-state index in [9.17, 15) is 9.59 Å². The molecule has 2 amide bonds. The van der Waals surface area contributed by atoms with Crippen molar-refractivity contribution in [2.24, 2.45) is 5.92 Å². The third-order valence-electron chi connectivity index (χ3n) is 5.00. The second-order valence-electron chi connectivity index (χ2n) is 6.77. The van der Waals surface area contributed by atoms with Crippen LogP contribution < -0.4 is 0 Å². The van der Waals surface area contributed by atoms with Gasteiger partial charge in [-0.3, -0.25) is 14.6 Å². The van der Waals surface area contributed by atoms with Gasteiger partial charge < -0.3 is 9.80 Å². The molecule has 3 aliphatic heterocycles. The Morgan fingerprint density at radius 3 is 2.72 bits per heavy atom. The fourth-order valence-electron chi connectivity index (χ4n) is 3.76. The molecular formula is C18H20N4O2S. The minimum atomic E-state index is -0.0914. The van der Waals surface area contributed by atoms with E-state index in [1.807, 2.05) is 28.9 Å². The standard InChI is InChI=1S/C18H20N4O2S/c1-12-2-5-16(25-12)18(24)22-10-13-3-4-14(22)11-21(9-13)17(23)15-8-19-6-7-20-15/h2,5-8,13-14H,3-4,9-11H2,1H3/t13-,14+/m0/s1. The van der Waals surface area contributed by atoms with Crippen molar-refractivity contribution in [3.63, 3.8) is 0 Å². The number of nitrogens with zero attached hydrogens (tertiary/aromatic N) is 4. The van der Waals surface area contributed by atoms with Gasteiger partial charge in [-0.2, -0.15) is 0 Å².